The van der Waals surface area contributed by atoms with Crippen molar-refractivity contribution in [2.24, 2.45) is 5.41 Å². The number of hydrogen-bond donors (Lipinski definition) is 2. The van der Waals surface area contributed by atoms with E-state index >= 15 is 0 Å². The summed E-state index contributed by atoms with van der Waals surface area (Å²) < 4.78 is 5.21. The van der Waals surface area contributed by atoms with Crippen molar-refractivity contribution < 1.29 is 9.53 Å². The van der Waals surface area contributed by atoms with Crippen LogP contribution in [-0.2, 0) is 9.53 Å². The number of carbonyl (C=O) groups excluding carboxylic acids is 1. The summed E-state index contributed by atoms with van der Waals surface area (Å²) in [4.78, 5) is 11.6. The zero-order valence-corrected chi connectivity index (χ0v) is 11.2. The van der Waals surface area contributed by atoms with Gasteiger partial charge >= 0.3 is 0 Å². The molecule has 0 bridgehead atoms. The quantitative estimate of drug-likeness (QED) is 0.662. The second-order valence-electron chi connectivity index (χ2n) is 5.14. The van der Waals surface area contributed by atoms with Gasteiger partial charge in [0.2, 0.25) is 5.91 Å². The number of nitrogens with one attached hydrogen (secondary N) is 2. The molecule has 2 N–H and O–H groups in total. The first-order valence-electron chi connectivity index (χ1n) is 6.71. The van der Waals surface area contributed by atoms with Gasteiger partial charge in [-0.25, -0.2) is 0 Å². The lowest BCUT2D eigenvalue weighted by atomic mass is 9.81. The first kappa shape index (κ1) is 14.5. The summed E-state index contributed by atoms with van der Waals surface area (Å²) in [6.45, 7) is 8.58. The standard InChI is InChI=1S/C13H26N2O2/c1-3-17-10-4-5-12(16)15-11-13(2)6-8-14-9-7-13/h14H,3-11H2,1-2H3,(H,15,16). The van der Waals surface area contributed by atoms with Crippen molar-refractivity contribution in [1.82, 2.24) is 10.6 Å². The largest absolute Gasteiger partial charge is 0.382 e. The van der Waals surface area contributed by atoms with Crippen LogP contribution in [0.25, 0.3) is 0 Å². The van der Waals surface area contributed by atoms with Crippen molar-refractivity contribution >= 4 is 5.91 Å². The van der Waals surface area contributed by atoms with Crippen molar-refractivity contribution in [3.05, 3.63) is 0 Å². The Kier molecular flexibility index (Phi) is 6.52. The van der Waals surface area contributed by atoms with E-state index in [1.165, 1.54) is 0 Å². The Balaban J connectivity index is 2.10. The van der Waals surface area contributed by atoms with E-state index in [9.17, 15) is 4.79 Å². The Labute approximate surface area is 104 Å². The van der Waals surface area contributed by atoms with Crippen LogP contribution in [0.1, 0.15) is 39.5 Å². The summed E-state index contributed by atoms with van der Waals surface area (Å²) in [7, 11) is 0. The van der Waals surface area contributed by atoms with Crippen LogP contribution in [-0.4, -0.2) is 38.8 Å². The van der Waals surface area contributed by atoms with Gasteiger partial charge in [-0.3, -0.25) is 4.79 Å². The highest BCUT2D eigenvalue weighted by atomic mass is 16.5. The lowest BCUT2D eigenvalue weighted by molar-refractivity contribution is -0.122. The van der Waals surface area contributed by atoms with Crippen molar-refractivity contribution in [1.29, 1.82) is 0 Å². The van der Waals surface area contributed by atoms with Gasteiger partial charge in [-0.2, -0.15) is 0 Å². The SMILES string of the molecule is CCOCCCC(=O)NCC1(C)CCNCC1. The number of amides is 1. The third kappa shape index (κ3) is 6.03. The lowest BCUT2D eigenvalue weighted by Gasteiger charge is -2.34. The van der Waals surface area contributed by atoms with E-state index in [0.717, 1.165) is 45.5 Å². The molecule has 1 amide bonds. The van der Waals surface area contributed by atoms with E-state index in [-0.39, 0.29) is 11.3 Å². The van der Waals surface area contributed by atoms with Gasteiger partial charge in [-0.05, 0) is 44.7 Å². The smallest absolute Gasteiger partial charge is 0.220 e. The van der Waals surface area contributed by atoms with Gasteiger partial charge in [0.25, 0.3) is 0 Å². The molecule has 100 valence electrons. The molecule has 0 aliphatic carbocycles. The normalized spacial score (nSPS) is 18.9. The monoisotopic (exact) mass is 242 g/mol. The van der Waals surface area contributed by atoms with Crippen LogP contribution in [0.4, 0.5) is 0 Å². The lowest BCUT2D eigenvalue weighted by Crippen LogP contribution is -2.42. The number of piperidine rings is 1. The average Bonchev–Trinajstić information content (AvgIpc) is 2.33. The Bertz CT molecular complexity index is 225. The van der Waals surface area contributed by atoms with Crippen LogP contribution < -0.4 is 10.6 Å². The topological polar surface area (TPSA) is 50.4 Å². The van der Waals surface area contributed by atoms with Crippen molar-refractivity contribution in [2.75, 3.05) is 32.8 Å². The molecule has 1 heterocycles. The van der Waals surface area contributed by atoms with Crippen molar-refractivity contribution in [3.8, 4) is 0 Å². The molecule has 1 rings (SSSR count). The van der Waals surface area contributed by atoms with Crippen molar-refractivity contribution in [3.63, 3.8) is 0 Å². The van der Waals surface area contributed by atoms with Gasteiger partial charge < -0.3 is 15.4 Å². The van der Waals surface area contributed by atoms with Gasteiger partial charge in [0.15, 0.2) is 0 Å². The molecule has 0 saturated carbocycles. The third-order valence-electron chi connectivity index (χ3n) is 3.42. The molecule has 1 fully saturated rings. The summed E-state index contributed by atoms with van der Waals surface area (Å²) in [6.07, 6.45) is 3.69. The van der Waals surface area contributed by atoms with Gasteiger partial charge in [-0.1, -0.05) is 6.92 Å². The molecule has 0 spiro atoms. The fourth-order valence-electron chi connectivity index (χ4n) is 2.09. The van der Waals surface area contributed by atoms with Gasteiger partial charge in [-0.15, -0.1) is 0 Å². The van der Waals surface area contributed by atoms with E-state index in [1.807, 2.05) is 6.92 Å². The highest BCUT2D eigenvalue weighted by molar-refractivity contribution is 5.75. The molecular weight excluding hydrogens is 216 g/mol. The molecule has 0 radical (unpaired) electrons. The van der Waals surface area contributed by atoms with Crippen LogP contribution in [0.2, 0.25) is 0 Å². The van der Waals surface area contributed by atoms with E-state index in [4.69, 9.17) is 4.74 Å². The number of ether oxygens (including phenoxy) is 1. The van der Waals surface area contributed by atoms with E-state index in [2.05, 4.69) is 17.6 Å². The van der Waals surface area contributed by atoms with Crippen LogP contribution >= 0.6 is 0 Å². The fourth-order valence-corrected chi connectivity index (χ4v) is 2.09. The molecule has 4 heteroatoms. The Morgan fingerprint density at radius 2 is 2.12 bits per heavy atom. The molecule has 1 aliphatic heterocycles. The highest BCUT2D eigenvalue weighted by Gasteiger charge is 2.26. The highest BCUT2D eigenvalue weighted by Crippen LogP contribution is 2.26. The number of carbonyl (C=O) groups is 1. The second-order valence-corrected chi connectivity index (χ2v) is 5.14. The molecule has 0 atom stereocenters. The first-order chi connectivity index (χ1) is 8.16. The van der Waals surface area contributed by atoms with Crippen LogP contribution in [0.15, 0.2) is 0 Å². The minimum absolute atomic E-state index is 0.157. The van der Waals surface area contributed by atoms with E-state index < -0.39 is 0 Å². The zero-order valence-electron chi connectivity index (χ0n) is 11.2. The number of rotatable bonds is 7. The predicted octanol–water partition coefficient (Wildman–Crippen LogP) is 1.31. The maximum Gasteiger partial charge on any atom is 0.220 e. The van der Waals surface area contributed by atoms with Crippen LogP contribution in [0.5, 0.6) is 0 Å². The Hall–Kier alpha value is -0.610. The minimum Gasteiger partial charge on any atom is -0.382 e. The molecule has 1 aliphatic rings. The maximum absolute atomic E-state index is 11.6. The summed E-state index contributed by atoms with van der Waals surface area (Å²) in [5.41, 5.74) is 0.279. The Morgan fingerprint density at radius 1 is 1.41 bits per heavy atom. The van der Waals surface area contributed by atoms with Crippen LogP contribution in [0, 0.1) is 5.41 Å². The first-order valence-corrected chi connectivity index (χ1v) is 6.71. The molecule has 0 unspecified atom stereocenters. The second kappa shape index (κ2) is 7.67. The molecule has 4 nitrogen and oxygen atoms in total. The predicted molar refractivity (Wildman–Crippen MR) is 68.9 cm³/mol. The molecular formula is C13H26N2O2. The fraction of sp³-hybridized carbons (Fsp3) is 0.923. The third-order valence-corrected chi connectivity index (χ3v) is 3.42. The molecule has 0 aromatic rings. The van der Waals surface area contributed by atoms with Gasteiger partial charge in [0, 0.05) is 26.2 Å². The van der Waals surface area contributed by atoms with E-state index in [0.29, 0.717) is 13.0 Å². The minimum atomic E-state index is 0.157. The van der Waals surface area contributed by atoms with Crippen molar-refractivity contribution in [2.45, 2.75) is 39.5 Å². The molecule has 0 aromatic heterocycles. The summed E-state index contributed by atoms with van der Waals surface area (Å²) in [6, 6.07) is 0. The molecule has 1 saturated heterocycles. The average molecular weight is 242 g/mol. The zero-order chi connectivity index (χ0) is 12.6. The van der Waals surface area contributed by atoms with Crippen LogP contribution in [0.3, 0.4) is 0 Å². The van der Waals surface area contributed by atoms with Gasteiger partial charge in [0.1, 0.15) is 0 Å². The Morgan fingerprint density at radius 3 is 2.76 bits per heavy atom. The molecule has 0 aromatic carbocycles. The van der Waals surface area contributed by atoms with E-state index in [1.54, 1.807) is 0 Å². The van der Waals surface area contributed by atoms with Gasteiger partial charge in [0.05, 0.1) is 0 Å². The molecule has 17 heavy (non-hydrogen) atoms. The summed E-state index contributed by atoms with van der Waals surface area (Å²) >= 11 is 0. The summed E-state index contributed by atoms with van der Waals surface area (Å²) in [5, 5.41) is 6.39. The maximum atomic E-state index is 11.6. The summed E-state index contributed by atoms with van der Waals surface area (Å²) in [5.74, 6) is 0.157. The number of hydrogen-bond acceptors (Lipinski definition) is 3.